The monoisotopic (exact) mass is 496 g/mol. The Morgan fingerprint density at radius 1 is 0.750 bits per heavy atom. The van der Waals surface area contributed by atoms with Gasteiger partial charge in [0.25, 0.3) is 6.71 Å². The predicted octanol–water partition coefficient (Wildman–Crippen LogP) is 6.63. The summed E-state index contributed by atoms with van der Waals surface area (Å²) < 4.78 is 9.00. The van der Waals surface area contributed by atoms with Crippen LogP contribution in [0.2, 0.25) is 0 Å². The summed E-state index contributed by atoms with van der Waals surface area (Å²) in [5, 5.41) is 0. The molecule has 6 aromatic rings. The molecule has 0 unspecified atom stereocenters. The van der Waals surface area contributed by atoms with Gasteiger partial charge in [-0.15, -0.1) is 22.7 Å². The number of nitrogens with zero attached hydrogens (tertiary/aromatic N) is 2. The molecular formula is C31H21BN2S2. The quantitative estimate of drug-likeness (QED) is 0.145. The van der Waals surface area contributed by atoms with Gasteiger partial charge in [0.2, 0.25) is 0 Å². The number of hydrogen-bond acceptors (Lipinski definition) is 2. The van der Waals surface area contributed by atoms with Crippen molar-refractivity contribution in [1.29, 1.82) is 0 Å². The molecular weight excluding hydrogens is 475 g/mol. The summed E-state index contributed by atoms with van der Waals surface area (Å²) in [6.45, 7) is 6.37. The third kappa shape index (κ3) is 2.52. The molecule has 0 fully saturated rings. The summed E-state index contributed by atoms with van der Waals surface area (Å²) in [5.41, 5.74) is 11.9. The molecule has 0 bridgehead atoms. The number of benzene rings is 4. The summed E-state index contributed by atoms with van der Waals surface area (Å²) in [6, 6.07) is 29.2. The maximum Gasteiger partial charge on any atom is 0.252 e. The zero-order chi connectivity index (χ0) is 24.0. The highest BCUT2D eigenvalue weighted by molar-refractivity contribution is 7.25. The second-order valence-corrected chi connectivity index (χ2v) is 11.8. The minimum atomic E-state index is 0.197. The van der Waals surface area contributed by atoms with Crippen LogP contribution in [0.5, 0.6) is 0 Å². The molecule has 0 spiro atoms. The molecule has 4 heterocycles. The van der Waals surface area contributed by atoms with Crippen LogP contribution in [0.25, 0.3) is 48.1 Å². The molecule has 0 radical (unpaired) electrons. The third-order valence-electron chi connectivity index (χ3n) is 7.53. The van der Waals surface area contributed by atoms with Crippen molar-refractivity contribution in [2.75, 3.05) is 0 Å². The molecule has 5 heteroatoms. The van der Waals surface area contributed by atoms with Crippen molar-refractivity contribution in [2.24, 2.45) is 0 Å². The van der Waals surface area contributed by atoms with Crippen LogP contribution in [0.15, 0.2) is 97.6 Å². The van der Waals surface area contributed by atoms with Crippen molar-refractivity contribution in [3.05, 3.63) is 108 Å². The summed E-state index contributed by atoms with van der Waals surface area (Å²) in [5.74, 6) is 0. The van der Waals surface area contributed by atoms with Gasteiger partial charge in [-0.1, -0.05) is 67.3 Å². The molecule has 170 valence electrons. The van der Waals surface area contributed by atoms with Gasteiger partial charge < -0.3 is 9.13 Å². The molecule has 8 rings (SSSR count). The van der Waals surface area contributed by atoms with E-state index in [0.29, 0.717) is 0 Å². The minimum Gasteiger partial charge on any atom is -0.309 e. The molecule has 2 aliphatic heterocycles. The highest BCUT2D eigenvalue weighted by Crippen LogP contribution is 2.39. The van der Waals surface area contributed by atoms with Crippen LogP contribution in [0.1, 0.15) is 10.6 Å². The largest absolute Gasteiger partial charge is 0.309 e. The van der Waals surface area contributed by atoms with Crippen LogP contribution in [0, 0.1) is 6.92 Å². The van der Waals surface area contributed by atoms with Crippen LogP contribution in [0.4, 0.5) is 0 Å². The normalized spacial score (nSPS) is 13.1. The Balaban J connectivity index is 1.72. The molecule has 0 aliphatic carbocycles. The second kappa shape index (κ2) is 7.36. The first-order valence-corrected chi connectivity index (χ1v) is 13.8. The van der Waals surface area contributed by atoms with E-state index < -0.39 is 0 Å². The first kappa shape index (κ1) is 20.4. The lowest BCUT2D eigenvalue weighted by Gasteiger charge is -2.36. The van der Waals surface area contributed by atoms with Crippen LogP contribution in [0.3, 0.4) is 0 Å². The number of aryl methyl sites for hydroxylation is 1. The topological polar surface area (TPSA) is 9.86 Å². The van der Waals surface area contributed by atoms with Crippen LogP contribution in [-0.2, 0) is 0 Å². The summed E-state index contributed by atoms with van der Waals surface area (Å²) >= 11 is 3.80. The number of allylic oxidation sites excluding steroid dienone is 2. The lowest BCUT2D eigenvalue weighted by molar-refractivity contribution is 1.08. The lowest BCUT2D eigenvalue weighted by Crippen LogP contribution is -2.59. The summed E-state index contributed by atoms with van der Waals surface area (Å²) in [6.07, 6.45) is 6.12. The molecule has 4 aromatic carbocycles. The number of para-hydroxylation sites is 3. The van der Waals surface area contributed by atoms with Gasteiger partial charge in [-0.3, -0.25) is 0 Å². The Morgan fingerprint density at radius 3 is 2.17 bits per heavy atom. The highest BCUT2D eigenvalue weighted by Gasteiger charge is 2.39. The van der Waals surface area contributed by atoms with Crippen molar-refractivity contribution in [3.8, 4) is 11.4 Å². The predicted molar refractivity (Wildman–Crippen MR) is 160 cm³/mol. The molecule has 0 N–H and O–H groups in total. The fraction of sp³-hybridized carbons (Fsp3) is 0.0323. The number of fused-ring (bicyclic) bond motifs is 8. The van der Waals surface area contributed by atoms with E-state index in [4.69, 9.17) is 0 Å². The van der Waals surface area contributed by atoms with Gasteiger partial charge in [0.15, 0.2) is 0 Å². The van der Waals surface area contributed by atoms with Crippen LogP contribution < -0.4 is 16.4 Å². The maximum atomic E-state index is 3.93. The Hall–Kier alpha value is -3.80. The van der Waals surface area contributed by atoms with E-state index in [0.717, 1.165) is 0 Å². The lowest BCUT2D eigenvalue weighted by atomic mass is 9.34. The van der Waals surface area contributed by atoms with E-state index >= 15 is 0 Å². The molecule has 0 saturated carbocycles. The fourth-order valence-corrected chi connectivity index (χ4v) is 8.45. The molecule has 2 aliphatic rings. The Labute approximate surface area is 217 Å². The van der Waals surface area contributed by atoms with Crippen LogP contribution in [-0.4, -0.2) is 15.8 Å². The van der Waals surface area contributed by atoms with E-state index in [1.807, 2.05) is 28.7 Å². The standard InChI is InChI=1S/C31H21BN2S2/c1-3-4-13-22-19(2)35-27-18-28-31-29-30(27)33(22)23-14-7-5-11-20(23)32(29)21-12-6-8-15-24(21)34(31)25-16-9-10-17-26(25)36-28/h3-18H,1H2,2H3/b13-4-. The van der Waals surface area contributed by atoms with Crippen molar-refractivity contribution in [3.63, 3.8) is 0 Å². The van der Waals surface area contributed by atoms with Crippen LogP contribution >= 0.6 is 22.7 Å². The third-order valence-corrected chi connectivity index (χ3v) is 9.68. The minimum absolute atomic E-state index is 0.197. The van der Waals surface area contributed by atoms with E-state index in [2.05, 4.69) is 114 Å². The molecule has 0 atom stereocenters. The fourth-order valence-electron chi connectivity index (χ4n) is 6.19. The zero-order valence-corrected chi connectivity index (χ0v) is 21.4. The Bertz CT molecular complexity index is 1990. The van der Waals surface area contributed by atoms with E-state index in [1.54, 1.807) is 0 Å². The summed E-state index contributed by atoms with van der Waals surface area (Å²) in [4.78, 5) is 1.30. The van der Waals surface area contributed by atoms with Gasteiger partial charge in [0, 0.05) is 16.3 Å². The summed E-state index contributed by atoms with van der Waals surface area (Å²) in [7, 11) is 0. The van der Waals surface area contributed by atoms with E-state index in [-0.39, 0.29) is 6.71 Å². The van der Waals surface area contributed by atoms with Crippen molar-refractivity contribution in [2.45, 2.75) is 6.92 Å². The SMILES string of the molecule is C=C/C=C\c1c(C)sc2cc3sc4ccccc4n4c3c3c2n1-c1ccccc1B3c1ccccc1-4. The number of hydrogen-bond donors (Lipinski definition) is 0. The second-order valence-electron chi connectivity index (χ2n) is 9.41. The smallest absolute Gasteiger partial charge is 0.252 e. The van der Waals surface area contributed by atoms with Gasteiger partial charge in [-0.25, -0.2) is 0 Å². The molecule has 36 heavy (non-hydrogen) atoms. The first-order valence-electron chi connectivity index (χ1n) is 12.2. The van der Waals surface area contributed by atoms with E-state index in [9.17, 15) is 0 Å². The number of aromatic nitrogens is 2. The van der Waals surface area contributed by atoms with Gasteiger partial charge in [-0.05, 0) is 59.7 Å². The Morgan fingerprint density at radius 2 is 1.39 bits per heavy atom. The average Bonchev–Trinajstić information content (AvgIpc) is 2.91. The van der Waals surface area contributed by atoms with Gasteiger partial charge in [0.05, 0.1) is 36.3 Å². The van der Waals surface area contributed by atoms with E-state index in [1.165, 1.54) is 69.0 Å². The van der Waals surface area contributed by atoms with Gasteiger partial charge in [0.1, 0.15) is 0 Å². The highest BCUT2D eigenvalue weighted by atomic mass is 32.1. The van der Waals surface area contributed by atoms with Crippen molar-refractivity contribution >= 4 is 82.5 Å². The van der Waals surface area contributed by atoms with Gasteiger partial charge in [-0.2, -0.15) is 0 Å². The molecule has 2 aromatic heterocycles. The van der Waals surface area contributed by atoms with Crippen molar-refractivity contribution in [1.82, 2.24) is 9.13 Å². The first-order chi connectivity index (χ1) is 17.8. The van der Waals surface area contributed by atoms with Gasteiger partial charge >= 0.3 is 0 Å². The zero-order valence-electron chi connectivity index (χ0n) is 19.7. The molecule has 0 saturated heterocycles. The Kier molecular flexibility index (Phi) is 4.17. The van der Waals surface area contributed by atoms with Crippen molar-refractivity contribution < 1.29 is 0 Å². The maximum absolute atomic E-state index is 3.93. The molecule has 0 amide bonds. The molecule has 2 nitrogen and oxygen atoms in total. The number of rotatable bonds is 2. The average molecular weight is 496 g/mol.